The Balaban J connectivity index is 2.36. The van der Waals surface area contributed by atoms with Gasteiger partial charge >= 0.3 is 0 Å². The standard InChI is InChI=1S/C16H27NO2/c1-13(2)10-17-11-16(3,4)12-19-15-8-6-14(18-5)7-9-15/h6-9,13,17H,10-12H2,1-5H3. The predicted octanol–water partition coefficient (Wildman–Crippen LogP) is 3.35. The molecule has 3 nitrogen and oxygen atoms in total. The summed E-state index contributed by atoms with van der Waals surface area (Å²) in [6.45, 7) is 11.6. The summed E-state index contributed by atoms with van der Waals surface area (Å²) >= 11 is 0. The van der Waals surface area contributed by atoms with E-state index in [4.69, 9.17) is 9.47 Å². The molecule has 3 heteroatoms. The van der Waals surface area contributed by atoms with Crippen LogP contribution in [-0.4, -0.2) is 26.8 Å². The Morgan fingerprint density at radius 2 is 1.68 bits per heavy atom. The van der Waals surface area contributed by atoms with Crippen LogP contribution in [-0.2, 0) is 0 Å². The first-order valence-electron chi connectivity index (χ1n) is 6.90. The highest BCUT2D eigenvalue weighted by molar-refractivity contribution is 5.31. The summed E-state index contributed by atoms with van der Waals surface area (Å²) < 4.78 is 11.0. The van der Waals surface area contributed by atoms with Gasteiger partial charge in [-0.3, -0.25) is 0 Å². The van der Waals surface area contributed by atoms with Crippen molar-refractivity contribution in [1.82, 2.24) is 5.32 Å². The summed E-state index contributed by atoms with van der Waals surface area (Å²) in [6, 6.07) is 7.71. The molecule has 108 valence electrons. The second kappa shape index (κ2) is 7.39. The zero-order valence-electron chi connectivity index (χ0n) is 12.8. The zero-order valence-corrected chi connectivity index (χ0v) is 12.8. The van der Waals surface area contributed by atoms with E-state index < -0.39 is 0 Å². The van der Waals surface area contributed by atoms with Crippen LogP contribution < -0.4 is 14.8 Å². The first-order valence-corrected chi connectivity index (χ1v) is 6.90. The topological polar surface area (TPSA) is 30.5 Å². The monoisotopic (exact) mass is 265 g/mol. The van der Waals surface area contributed by atoms with Crippen LogP contribution in [0.15, 0.2) is 24.3 Å². The van der Waals surface area contributed by atoms with E-state index in [1.807, 2.05) is 24.3 Å². The van der Waals surface area contributed by atoms with Crippen LogP contribution in [0.1, 0.15) is 27.7 Å². The lowest BCUT2D eigenvalue weighted by Gasteiger charge is -2.25. The van der Waals surface area contributed by atoms with Crippen LogP contribution in [0.5, 0.6) is 11.5 Å². The van der Waals surface area contributed by atoms with Crippen molar-refractivity contribution >= 4 is 0 Å². The molecule has 0 heterocycles. The van der Waals surface area contributed by atoms with Gasteiger partial charge in [0.05, 0.1) is 13.7 Å². The fraction of sp³-hybridized carbons (Fsp3) is 0.625. The van der Waals surface area contributed by atoms with Crippen molar-refractivity contribution in [3.05, 3.63) is 24.3 Å². The molecule has 1 aromatic rings. The second-order valence-corrected chi connectivity index (χ2v) is 6.15. The summed E-state index contributed by atoms with van der Waals surface area (Å²) in [7, 11) is 1.67. The van der Waals surface area contributed by atoms with Gasteiger partial charge in [-0.1, -0.05) is 27.7 Å². The molecular formula is C16H27NO2. The van der Waals surface area contributed by atoms with Gasteiger partial charge < -0.3 is 14.8 Å². The molecule has 0 aliphatic rings. The van der Waals surface area contributed by atoms with E-state index in [0.29, 0.717) is 12.5 Å². The average Bonchev–Trinajstić information content (AvgIpc) is 2.36. The molecule has 0 spiro atoms. The summed E-state index contributed by atoms with van der Waals surface area (Å²) in [6.07, 6.45) is 0. The predicted molar refractivity (Wildman–Crippen MR) is 80.0 cm³/mol. The smallest absolute Gasteiger partial charge is 0.119 e. The third-order valence-electron chi connectivity index (χ3n) is 2.85. The molecule has 0 amide bonds. The minimum Gasteiger partial charge on any atom is -0.497 e. The lowest BCUT2D eigenvalue weighted by atomic mass is 9.94. The first kappa shape index (κ1) is 15.8. The number of rotatable bonds is 8. The molecule has 0 saturated heterocycles. The van der Waals surface area contributed by atoms with Crippen molar-refractivity contribution in [3.8, 4) is 11.5 Å². The quantitative estimate of drug-likeness (QED) is 0.782. The molecule has 0 aromatic heterocycles. The molecule has 0 bridgehead atoms. The van der Waals surface area contributed by atoms with Crippen LogP contribution in [0, 0.1) is 11.3 Å². The fourth-order valence-corrected chi connectivity index (χ4v) is 1.70. The van der Waals surface area contributed by atoms with Crippen molar-refractivity contribution in [2.45, 2.75) is 27.7 Å². The number of hydrogen-bond acceptors (Lipinski definition) is 3. The van der Waals surface area contributed by atoms with Crippen molar-refractivity contribution in [1.29, 1.82) is 0 Å². The fourth-order valence-electron chi connectivity index (χ4n) is 1.70. The Morgan fingerprint density at radius 3 is 2.21 bits per heavy atom. The Kier molecular flexibility index (Phi) is 6.16. The normalized spacial score (nSPS) is 11.7. The third-order valence-corrected chi connectivity index (χ3v) is 2.85. The molecule has 1 aromatic carbocycles. The summed E-state index contributed by atoms with van der Waals surface area (Å²) in [5, 5.41) is 3.48. The molecule has 1 N–H and O–H groups in total. The molecule has 19 heavy (non-hydrogen) atoms. The zero-order chi connectivity index (χ0) is 14.3. The summed E-state index contributed by atoms with van der Waals surface area (Å²) in [5.74, 6) is 2.42. The van der Waals surface area contributed by atoms with E-state index in [1.165, 1.54) is 0 Å². The van der Waals surface area contributed by atoms with Crippen molar-refractivity contribution in [2.24, 2.45) is 11.3 Å². The molecule has 0 radical (unpaired) electrons. The van der Waals surface area contributed by atoms with Crippen molar-refractivity contribution in [2.75, 3.05) is 26.8 Å². The number of ether oxygens (including phenoxy) is 2. The molecule has 1 rings (SSSR count). The van der Waals surface area contributed by atoms with Gasteiger partial charge in [-0.15, -0.1) is 0 Å². The van der Waals surface area contributed by atoms with Gasteiger partial charge in [-0.2, -0.15) is 0 Å². The van der Waals surface area contributed by atoms with E-state index >= 15 is 0 Å². The van der Waals surface area contributed by atoms with Gasteiger partial charge in [-0.05, 0) is 36.7 Å². The SMILES string of the molecule is COc1ccc(OCC(C)(C)CNCC(C)C)cc1. The van der Waals surface area contributed by atoms with Gasteiger partial charge in [0.15, 0.2) is 0 Å². The first-order chi connectivity index (χ1) is 8.93. The molecule has 0 atom stereocenters. The van der Waals surface area contributed by atoms with Crippen LogP contribution in [0.25, 0.3) is 0 Å². The highest BCUT2D eigenvalue weighted by Gasteiger charge is 2.18. The largest absolute Gasteiger partial charge is 0.497 e. The Labute approximate surface area is 117 Å². The third kappa shape index (κ3) is 6.48. The van der Waals surface area contributed by atoms with Crippen LogP contribution in [0.4, 0.5) is 0 Å². The van der Waals surface area contributed by atoms with Gasteiger partial charge in [-0.25, -0.2) is 0 Å². The van der Waals surface area contributed by atoms with Crippen molar-refractivity contribution in [3.63, 3.8) is 0 Å². The van der Waals surface area contributed by atoms with Gasteiger partial charge in [0.2, 0.25) is 0 Å². The highest BCUT2D eigenvalue weighted by atomic mass is 16.5. The van der Waals surface area contributed by atoms with E-state index in [-0.39, 0.29) is 5.41 Å². The van der Waals surface area contributed by atoms with Gasteiger partial charge in [0.1, 0.15) is 11.5 Å². The molecule has 0 saturated carbocycles. The number of benzene rings is 1. The van der Waals surface area contributed by atoms with E-state index in [9.17, 15) is 0 Å². The maximum absolute atomic E-state index is 5.83. The highest BCUT2D eigenvalue weighted by Crippen LogP contribution is 2.20. The van der Waals surface area contributed by atoms with Crippen molar-refractivity contribution < 1.29 is 9.47 Å². The number of hydrogen-bond donors (Lipinski definition) is 1. The maximum Gasteiger partial charge on any atom is 0.119 e. The lowest BCUT2D eigenvalue weighted by Crippen LogP contribution is -2.35. The van der Waals surface area contributed by atoms with Crippen LogP contribution >= 0.6 is 0 Å². The summed E-state index contributed by atoms with van der Waals surface area (Å²) in [5.41, 5.74) is 0.120. The average molecular weight is 265 g/mol. The Hall–Kier alpha value is -1.22. The minimum absolute atomic E-state index is 0.120. The minimum atomic E-state index is 0.120. The van der Waals surface area contributed by atoms with Crippen LogP contribution in [0.3, 0.4) is 0 Å². The van der Waals surface area contributed by atoms with E-state index in [2.05, 4.69) is 33.0 Å². The maximum atomic E-state index is 5.83. The van der Waals surface area contributed by atoms with Crippen LogP contribution in [0.2, 0.25) is 0 Å². The number of methoxy groups -OCH3 is 1. The molecule has 0 fully saturated rings. The Bertz CT molecular complexity index is 358. The van der Waals surface area contributed by atoms with Gasteiger partial charge in [0.25, 0.3) is 0 Å². The van der Waals surface area contributed by atoms with E-state index in [1.54, 1.807) is 7.11 Å². The lowest BCUT2D eigenvalue weighted by molar-refractivity contribution is 0.175. The Morgan fingerprint density at radius 1 is 1.11 bits per heavy atom. The second-order valence-electron chi connectivity index (χ2n) is 6.15. The molecule has 0 unspecified atom stereocenters. The molecule has 0 aliphatic heterocycles. The van der Waals surface area contributed by atoms with Gasteiger partial charge in [0, 0.05) is 12.0 Å². The number of nitrogens with one attached hydrogen (secondary N) is 1. The molecular weight excluding hydrogens is 238 g/mol. The van der Waals surface area contributed by atoms with E-state index in [0.717, 1.165) is 24.6 Å². The molecule has 0 aliphatic carbocycles. The summed E-state index contributed by atoms with van der Waals surface area (Å²) in [4.78, 5) is 0.